The molecule has 3 aliphatic rings. The third-order valence-corrected chi connectivity index (χ3v) is 4.71. The predicted molar refractivity (Wildman–Crippen MR) is 83.9 cm³/mol. The van der Waals surface area contributed by atoms with Gasteiger partial charge in [0.1, 0.15) is 22.9 Å². The number of rotatable bonds is 0. The van der Waals surface area contributed by atoms with E-state index < -0.39 is 22.9 Å². The number of hydrogen-bond acceptors (Lipinski definition) is 6. The van der Waals surface area contributed by atoms with Gasteiger partial charge in [-0.2, -0.15) is 5.26 Å². The molecule has 1 aromatic carbocycles. The quantitative estimate of drug-likeness (QED) is 0.607. The van der Waals surface area contributed by atoms with Crippen LogP contribution < -0.4 is 16.4 Å². The van der Waals surface area contributed by atoms with Gasteiger partial charge in [-0.25, -0.2) is 4.79 Å². The van der Waals surface area contributed by atoms with E-state index in [-0.39, 0.29) is 17.0 Å². The van der Waals surface area contributed by atoms with Gasteiger partial charge in [0.2, 0.25) is 5.91 Å². The van der Waals surface area contributed by atoms with Crippen LogP contribution in [0, 0.1) is 11.3 Å². The lowest BCUT2D eigenvalue weighted by Crippen LogP contribution is -2.48. The highest BCUT2D eigenvalue weighted by Gasteiger charge is 2.63. The standard InChI is InChI=1S/C17H14N4O3/c1-16(2)12-11(14(22)24-16)17(9(7-18)13(19)21-12)8-5-3-4-6-10(8)20-15(17)23/h3-6,21H,19H2,1-2H3,(H,20,23). The molecule has 0 aromatic heterocycles. The minimum atomic E-state index is -1.58. The summed E-state index contributed by atoms with van der Waals surface area (Å²) in [6.07, 6.45) is 0. The molecule has 1 amide bonds. The molecule has 4 rings (SSSR count). The van der Waals surface area contributed by atoms with Gasteiger partial charge in [-0.15, -0.1) is 0 Å². The van der Waals surface area contributed by atoms with E-state index in [0.717, 1.165) is 0 Å². The van der Waals surface area contributed by atoms with Gasteiger partial charge >= 0.3 is 5.97 Å². The molecule has 0 saturated heterocycles. The molecule has 1 unspecified atom stereocenters. The summed E-state index contributed by atoms with van der Waals surface area (Å²) in [5.41, 5.74) is 5.11. The SMILES string of the molecule is CC1(C)OC(=O)C2=C1NC(N)=C(C#N)C21C(=O)Nc2ccccc21. The number of carbonyl (C=O) groups excluding carboxylic acids is 2. The molecule has 1 spiro atoms. The number of fused-ring (bicyclic) bond motifs is 3. The lowest BCUT2D eigenvalue weighted by atomic mass is 9.67. The van der Waals surface area contributed by atoms with Gasteiger partial charge in [0, 0.05) is 11.3 Å². The fourth-order valence-electron chi connectivity index (χ4n) is 3.71. The van der Waals surface area contributed by atoms with Crippen LogP contribution in [0.1, 0.15) is 19.4 Å². The van der Waals surface area contributed by atoms with E-state index in [0.29, 0.717) is 16.9 Å². The summed E-state index contributed by atoms with van der Waals surface area (Å²) in [4.78, 5) is 25.6. The smallest absolute Gasteiger partial charge is 0.338 e. The summed E-state index contributed by atoms with van der Waals surface area (Å²) in [6, 6.07) is 8.96. The Balaban J connectivity index is 2.15. The number of nitriles is 1. The Bertz CT molecular complexity index is 935. The number of esters is 1. The molecule has 0 saturated carbocycles. The number of carbonyl (C=O) groups is 2. The van der Waals surface area contributed by atoms with Crippen molar-refractivity contribution in [1.29, 1.82) is 5.26 Å². The molecule has 4 N–H and O–H groups in total. The normalized spacial score (nSPS) is 26.5. The fraction of sp³-hybridized carbons (Fsp3) is 0.235. The van der Waals surface area contributed by atoms with Crippen LogP contribution in [0.2, 0.25) is 0 Å². The lowest BCUT2D eigenvalue weighted by Gasteiger charge is -2.34. The van der Waals surface area contributed by atoms with Crippen molar-refractivity contribution < 1.29 is 14.3 Å². The number of hydrogen-bond donors (Lipinski definition) is 3. The van der Waals surface area contributed by atoms with E-state index in [1.165, 1.54) is 0 Å². The largest absolute Gasteiger partial charge is 0.450 e. The first-order valence-corrected chi connectivity index (χ1v) is 7.41. The van der Waals surface area contributed by atoms with E-state index >= 15 is 0 Å². The number of anilines is 1. The average molecular weight is 322 g/mol. The van der Waals surface area contributed by atoms with Crippen LogP contribution in [0.5, 0.6) is 0 Å². The van der Waals surface area contributed by atoms with E-state index in [1.54, 1.807) is 38.1 Å². The molecule has 0 bridgehead atoms. The second kappa shape index (κ2) is 4.17. The molecule has 1 atom stereocenters. The first-order chi connectivity index (χ1) is 11.3. The number of dihydropyridines is 1. The van der Waals surface area contributed by atoms with Crippen LogP contribution in [-0.2, 0) is 19.7 Å². The van der Waals surface area contributed by atoms with Crippen LogP contribution in [0.4, 0.5) is 5.69 Å². The van der Waals surface area contributed by atoms with Crippen molar-refractivity contribution in [2.75, 3.05) is 5.32 Å². The summed E-state index contributed by atoms with van der Waals surface area (Å²) >= 11 is 0. The van der Waals surface area contributed by atoms with Gasteiger partial charge in [-0.05, 0) is 19.9 Å². The lowest BCUT2D eigenvalue weighted by molar-refractivity contribution is -0.145. The number of nitrogens with one attached hydrogen (secondary N) is 2. The van der Waals surface area contributed by atoms with Gasteiger partial charge in [-0.1, -0.05) is 18.2 Å². The molecular weight excluding hydrogens is 308 g/mol. The number of nitrogens with zero attached hydrogens (tertiary/aromatic N) is 1. The Morgan fingerprint density at radius 3 is 2.62 bits per heavy atom. The highest BCUT2D eigenvalue weighted by molar-refractivity contribution is 6.18. The van der Waals surface area contributed by atoms with Crippen LogP contribution in [0.15, 0.2) is 46.9 Å². The van der Waals surface area contributed by atoms with E-state index in [1.807, 2.05) is 6.07 Å². The molecule has 1 aromatic rings. The van der Waals surface area contributed by atoms with Crippen molar-refractivity contribution in [1.82, 2.24) is 5.32 Å². The highest BCUT2D eigenvalue weighted by atomic mass is 16.6. The van der Waals surface area contributed by atoms with Crippen molar-refractivity contribution in [3.05, 3.63) is 52.5 Å². The summed E-state index contributed by atoms with van der Waals surface area (Å²) in [5.74, 6) is -1.06. The molecule has 3 aliphatic heterocycles. The molecule has 0 aliphatic carbocycles. The number of nitrogens with two attached hydrogens (primary N) is 1. The monoisotopic (exact) mass is 322 g/mol. The van der Waals surface area contributed by atoms with Crippen molar-refractivity contribution in [2.24, 2.45) is 5.73 Å². The Labute approximate surface area is 137 Å². The van der Waals surface area contributed by atoms with Crippen molar-refractivity contribution in [3.63, 3.8) is 0 Å². The van der Waals surface area contributed by atoms with Crippen LogP contribution in [0.25, 0.3) is 0 Å². The molecule has 0 radical (unpaired) electrons. The zero-order chi connectivity index (χ0) is 17.3. The van der Waals surface area contributed by atoms with Crippen LogP contribution in [0.3, 0.4) is 0 Å². The van der Waals surface area contributed by atoms with E-state index in [9.17, 15) is 14.9 Å². The molecule has 3 heterocycles. The minimum absolute atomic E-state index is 0.00153. The number of amides is 1. The van der Waals surface area contributed by atoms with Gasteiger partial charge in [-0.3, -0.25) is 4.79 Å². The maximum atomic E-state index is 13.0. The first-order valence-electron chi connectivity index (χ1n) is 7.41. The fourth-order valence-corrected chi connectivity index (χ4v) is 3.71. The molecule has 7 nitrogen and oxygen atoms in total. The van der Waals surface area contributed by atoms with E-state index in [4.69, 9.17) is 10.5 Å². The summed E-state index contributed by atoms with van der Waals surface area (Å²) < 4.78 is 5.44. The summed E-state index contributed by atoms with van der Waals surface area (Å²) in [5, 5.41) is 15.3. The van der Waals surface area contributed by atoms with Crippen molar-refractivity contribution in [2.45, 2.75) is 24.9 Å². The van der Waals surface area contributed by atoms with Gasteiger partial charge in [0.25, 0.3) is 0 Å². The van der Waals surface area contributed by atoms with E-state index in [2.05, 4.69) is 10.6 Å². The predicted octanol–water partition coefficient (Wildman–Crippen LogP) is 0.763. The zero-order valence-corrected chi connectivity index (χ0v) is 13.1. The third-order valence-electron chi connectivity index (χ3n) is 4.71. The highest BCUT2D eigenvalue weighted by Crippen LogP contribution is 2.54. The van der Waals surface area contributed by atoms with Gasteiger partial charge in [0.05, 0.1) is 16.8 Å². The summed E-state index contributed by atoms with van der Waals surface area (Å²) in [7, 11) is 0. The van der Waals surface area contributed by atoms with Crippen LogP contribution in [-0.4, -0.2) is 17.5 Å². The Kier molecular flexibility index (Phi) is 2.49. The third kappa shape index (κ3) is 1.41. The van der Waals surface area contributed by atoms with Gasteiger partial charge < -0.3 is 21.1 Å². The molecule has 24 heavy (non-hydrogen) atoms. The number of cyclic esters (lactones) is 1. The number of para-hydroxylation sites is 1. The molecule has 0 fully saturated rings. The first kappa shape index (κ1) is 14.3. The van der Waals surface area contributed by atoms with Crippen LogP contribution >= 0.6 is 0 Å². The number of ether oxygens (including phenoxy) is 1. The van der Waals surface area contributed by atoms with Crippen molar-refractivity contribution in [3.8, 4) is 6.07 Å². The minimum Gasteiger partial charge on any atom is -0.450 e. The molecular formula is C17H14N4O3. The second-order valence-electron chi connectivity index (χ2n) is 6.43. The average Bonchev–Trinajstić information content (AvgIpc) is 2.92. The summed E-state index contributed by atoms with van der Waals surface area (Å²) in [6.45, 7) is 3.41. The maximum Gasteiger partial charge on any atom is 0.338 e. The molecule has 7 heteroatoms. The maximum absolute atomic E-state index is 13.0. The Morgan fingerprint density at radius 2 is 1.92 bits per heavy atom. The zero-order valence-electron chi connectivity index (χ0n) is 13.1. The van der Waals surface area contributed by atoms with Crippen molar-refractivity contribution >= 4 is 17.6 Å². The molecule has 120 valence electrons. The van der Waals surface area contributed by atoms with Gasteiger partial charge in [0.15, 0.2) is 0 Å². The number of benzene rings is 1. The Morgan fingerprint density at radius 1 is 1.21 bits per heavy atom. The second-order valence-corrected chi connectivity index (χ2v) is 6.43. The topological polar surface area (TPSA) is 117 Å². The Hall–Kier alpha value is -3.27.